The summed E-state index contributed by atoms with van der Waals surface area (Å²) in [5.41, 5.74) is 5.97. The van der Waals surface area contributed by atoms with E-state index in [4.69, 9.17) is 5.73 Å². The van der Waals surface area contributed by atoms with E-state index in [0.29, 0.717) is 12.5 Å². The average molecular weight is 297 g/mol. The van der Waals surface area contributed by atoms with Crippen LogP contribution in [0, 0.1) is 23.2 Å². The van der Waals surface area contributed by atoms with Crippen molar-refractivity contribution in [2.75, 3.05) is 13.1 Å². The smallest absolute Gasteiger partial charge is 0.239 e. The molecule has 5 heteroatoms. The van der Waals surface area contributed by atoms with Crippen molar-refractivity contribution in [1.29, 1.82) is 0 Å². The standard InChI is InChI=1S/C16H31N3O2/c1-10(2)8-18-14(20)9-19-15(21)12-6-7-13(17)11(3)16(12,4)5/h10-13H,6-9,17H2,1-5H3,(H,18,20)(H,19,21). The van der Waals surface area contributed by atoms with Crippen molar-refractivity contribution in [1.82, 2.24) is 10.6 Å². The maximum absolute atomic E-state index is 12.4. The van der Waals surface area contributed by atoms with Crippen LogP contribution >= 0.6 is 0 Å². The molecular weight excluding hydrogens is 266 g/mol. The summed E-state index contributed by atoms with van der Waals surface area (Å²) in [5, 5.41) is 5.58. The molecule has 0 aromatic rings. The van der Waals surface area contributed by atoms with Gasteiger partial charge in [0.05, 0.1) is 6.54 Å². The van der Waals surface area contributed by atoms with Crippen molar-refractivity contribution in [3.63, 3.8) is 0 Å². The monoisotopic (exact) mass is 297 g/mol. The van der Waals surface area contributed by atoms with Crippen molar-refractivity contribution in [3.8, 4) is 0 Å². The Hall–Kier alpha value is -1.10. The fraction of sp³-hybridized carbons (Fsp3) is 0.875. The van der Waals surface area contributed by atoms with Crippen molar-refractivity contribution in [2.45, 2.75) is 53.5 Å². The molecule has 2 amide bonds. The van der Waals surface area contributed by atoms with Gasteiger partial charge in [-0.25, -0.2) is 0 Å². The molecule has 5 nitrogen and oxygen atoms in total. The summed E-state index contributed by atoms with van der Waals surface area (Å²) in [6, 6.07) is 0.151. The van der Waals surface area contributed by atoms with Gasteiger partial charge in [0.1, 0.15) is 0 Å². The van der Waals surface area contributed by atoms with Crippen molar-refractivity contribution >= 4 is 11.8 Å². The molecule has 1 rings (SSSR count). The van der Waals surface area contributed by atoms with Gasteiger partial charge in [0.25, 0.3) is 0 Å². The number of rotatable bonds is 5. The predicted octanol–water partition coefficient (Wildman–Crippen LogP) is 1.27. The van der Waals surface area contributed by atoms with Crippen LogP contribution in [0.25, 0.3) is 0 Å². The third-order valence-electron chi connectivity index (χ3n) is 4.95. The van der Waals surface area contributed by atoms with E-state index < -0.39 is 0 Å². The lowest BCUT2D eigenvalue weighted by molar-refractivity contribution is -0.134. The van der Waals surface area contributed by atoms with Crippen molar-refractivity contribution in [2.24, 2.45) is 28.9 Å². The van der Waals surface area contributed by atoms with E-state index in [1.807, 2.05) is 13.8 Å². The molecular formula is C16H31N3O2. The van der Waals surface area contributed by atoms with Crippen LogP contribution in [-0.4, -0.2) is 30.9 Å². The lowest BCUT2D eigenvalue weighted by Crippen LogP contribution is -2.52. The highest BCUT2D eigenvalue weighted by Crippen LogP contribution is 2.44. The minimum atomic E-state index is -0.143. The van der Waals surface area contributed by atoms with Crippen molar-refractivity contribution < 1.29 is 9.59 Å². The Kier molecular flexibility index (Phi) is 6.20. The Labute approximate surface area is 128 Å². The lowest BCUT2D eigenvalue weighted by atomic mass is 9.61. The molecule has 0 radical (unpaired) electrons. The second-order valence-electron chi connectivity index (χ2n) is 7.32. The van der Waals surface area contributed by atoms with Gasteiger partial charge in [-0.2, -0.15) is 0 Å². The zero-order valence-corrected chi connectivity index (χ0v) is 14.0. The van der Waals surface area contributed by atoms with E-state index in [1.54, 1.807) is 0 Å². The van der Waals surface area contributed by atoms with E-state index in [2.05, 4.69) is 31.4 Å². The predicted molar refractivity (Wildman–Crippen MR) is 84.5 cm³/mol. The van der Waals surface area contributed by atoms with Gasteiger partial charge >= 0.3 is 0 Å². The fourth-order valence-electron chi connectivity index (χ4n) is 2.99. The topological polar surface area (TPSA) is 84.2 Å². The molecule has 0 bridgehead atoms. The number of hydrogen-bond acceptors (Lipinski definition) is 3. The molecule has 122 valence electrons. The highest BCUT2D eigenvalue weighted by molar-refractivity contribution is 5.86. The molecule has 4 N–H and O–H groups in total. The minimum Gasteiger partial charge on any atom is -0.354 e. The number of carbonyl (C=O) groups is 2. The molecule has 1 aliphatic carbocycles. The van der Waals surface area contributed by atoms with Crippen LogP contribution in [0.3, 0.4) is 0 Å². The summed E-state index contributed by atoms with van der Waals surface area (Å²) in [6.07, 6.45) is 1.65. The van der Waals surface area contributed by atoms with Crippen LogP contribution in [0.4, 0.5) is 0 Å². The van der Waals surface area contributed by atoms with Gasteiger partial charge in [-0.05, 0) is 30.1 Å². The SMILES string of the molecule is CC(C)CNC(=O)CNC(=O)C1CCC(N)C(C)C1(C)C. The van der Waals surface area contributed by atoms with Gasteiger partial charge < -0.3 is 16.4 Å². The Morgan fingerprint density at radius 3 is 2.43 bits per heavy atom. The molecule has 3 atom stereocenters. The normalized spacial score (nSPS) is 28.2. The zero-order valence-electron chi connectivity index (χ0n) is 14.0. The largest absolute Gasteiger partial charge is 0.354 e. The highest BCUT2D eigenvalue weighted by atomic mass is 16.2. The molecule has 1 saturated carbocycles. The second kappa shape index (κ2) is 7.25. The van der Waals surface area contributed by atoms with E-state index in [9.17, 15) is 9.59 Å². The maximum atomic E-state index is 12.4. The van der Waals surface area contributed by atoms with Crippen LogP contribution in [-0.2, 0) is 9.59 Å². The quantitative estimate of drug-likeness (QED) is 0.714. The van der Waals surface area contributed by atoms with E-state index in [1.165, 1.54) is 0 Å². The third-order valence-corrected chi connectivity index (χ3v) is 4.95. The fourth-order valence-corrected chi connectivity index (χ4v) is 2.99. The van der Waals surface area contributed by atoms with Gasteiger partial charge in [-0.15, -0.1) is 0 Å². The molecule has 0 spiro atoms. The Morgan fingerprint density at radius 1 is 1.24 bits per heavy atom. The summed E-state index contributed by atoms with van der Waals surface area (Å²) >= 11 is 0. The van der Waals surface area contributed by atoms with E-state index >= 15 is 0 Å². The molecule has 0 aromatic heterocycles. The van der Waals surface area contributed by atoms with Crippen LogP contribution in [0.1, 0.15) is 47.5 Å². The average Bonchev–Trinajstić information content (AvgIpc) is 2.40. The van der Waals surface area contributed by atoms with Gasteiger partial charge in [0, 0.05) is 18.5 Å². The van der Waals surface area contributed by atoms with Crippen LogP contribution in [0.15, 0.2) is 0 Å². The molecule has 0 aliphatic heterocycles. The summed E-state index contributed by atoms with van der Waals surface area (Å²) < 4.78 is 0. The van der Waals surface area contributed by atoms with Gasteiger partial charge in [-0.1, -0.05) is 34.6 Å². The summed E-state index contributed by atoms with van der Waals surface area (Å²) in [7, 11) is 0. The molecule has 1 fully saturated rings. The number of hydrogen-bond donors (Lipinski definition) is 3. The number of nitrogens with one attached hydrogen (secondary N) is 2. The molecule has 3 unspecified atom stereocenters. The molecule has 0 heterocycles. The van der Waals surface area contributed by atoms with Crippen LogP contribution in [0.2, 0.25) is 0 Å². The third kappa shape index (κ3) is 4.70. The summed E-state index contributed by atoms with van der Waals surface area (Å²) in [5.74, 6) is 0.458. The molecule has 21 heavy (non-hydrogen) atoms. The van der Waals surface area contributed by atoms with E-state index in [-0.39, 0.29) is 41.7 Å². The lowest BCUT2D eigenvalue weighted by Gasteiger charge is -2.46. The van der Waals surface area contributed by atoms with Crippen molar-refractivity contribution in [3.05, 3.63) is 0 Å². The number of amides is 2. The first kappa shape index (κ1) is 18.0. The first-order chi connectivity index (χ1) is 9.66. The van der Waals surface area contributed by atoms with Gasteiger partial charge in [0.2, 0.25) is 11.8 Å². The molecule has 0 aromatic carbocycles. The second-order valence-corrected chi connectivity index (χ2v) is 7.32. The number of carbonyl (C=O) groups excluding carboxylic acids is 2. The highest BCUT2D eigenvalue weighted by Gasteiger charge is 2.44. The molecule has 1 aliphatic rings. The first-order valence-electron chi connectivity index (χ1n) is 7.96. The molecule has 0 saturated heterocycles. The van der Waals surface area contributed by atoms with Gasteiger partial charge in [-0.3, -0.25) is 9.59 Å². The maximum Gasteiger partial charge on any atom is 0.239 e. The number of nitrogens with two attached hydrogens (primary N) is 1. The van der Waals surface area contributed by atoms with Crippen LogP contribution in [0.5, 0.6) is 0 Å². The zero-order chi connectivity index (χ0) is 16.2. The Bertz CT molecular complexity index is 380. The Balaban J connectivity index is 2.50. The van der Waals surface area contributed by atoms with E-state index in [0.717, 1.165) is 12.8 Å². The Morgan fingerprint density at radius 2 is 1.86 bits per heavy atom. The summed E-state index contributed by atoms with van der Waals surface area (Å²) in [4.78, 5) is 24.0. The first-order valence-corrected chi connectivity index (χ1v) is 7.96. The van der Waals surface area contributed by atoms with Gasteiger partial charge in [0.15, 0.2) is 0 Å². The van der Waals surface area contributed by atoms with Crippen LogP contribution < -0.4 is 16.4 Å². The summed E-state index contributed by atoms with van der Waals surface area (Å²) in [6.45, 7) is 11.1. The minimum absolute atomic E-state index is 0.0292.